The predicted molar refractivity (Wildman–Crippen MR) is 113 cm³/mol. The molecule has 0 atom stereocenters. The number of benzene rings is 1. The number of hydrogen-bond acceptors (Lipinski definition) is 3. The molecule has 0 saturated heterocycles. The van der Waals surface area contributed by atoms with Gasteiger partial charge in [0.1, 0.15) is 0 Å². The quantitative estimate of drug-likeness (QED) is 0.213. The Morgan fingerprint density at radius 1 is 1.25 bits per heavy atom. The van der Waals surface area contributed by atoms with Crippen LogP contribution >= 0.6 is 24.0 Å². The lowest BCUT2D eigenvalue weighted by molar-refractivity contribution is 0.195. The Morgan fingerprint density at radius 2 is 2.04 bits per heavy atom. The lowest BCUT2D eigenvalue weighted by Crippen LogP contribution is -2.38. The molecule has 0 aromatic heterocycles. The van der Waals surface area contributed by atoms with E-state index in [1.54, 1.807) is 7.11 Å². The summed E-state index contributed by atoms with van der Waals surface area (Å²) in [7, 11) is 1.72. The van der Waals surface area contributed by atoms with E-state index in [0.717, 1.165) is 45.2 Å². The van der Waals surface area contributed by atoms with E-state index in [2.05, 4.69) is 63.9 Å². The van der Waals surface area contributed by atoms with Gasteiger partial charge in [0, 0.05) is 45.6 Å². The number of aliphatic imine (C=N–C) groups is 1. The second-order valence-corrected chi connectivity index (χ2v) is 5.51. The van der Waals surface area contributed by atoms with Gasteiger partial charge in [-0.15, -0.1) is 24.0 Å². The summed E-state index contributed by atoms with van der Waals surface area (Å²) in [5, 5.41) is 6.61. The van der Waals surface area contributed by atoms with Gasteiger partial charge in [0.05, 0.1) is 6.54 Å². The summed E-state index contributed by atoms with van der Waals surface area (Å²) in [6.07, 6.45) is 5.38. The fourth-order valence-electron chi connectivity index (χ4n) is 2.48. The highest BCUT2D eigenvalue weighted by Crippen LogP contribution is 2.18. The van der Waals surface area contributed by atoms with Crippen LogP contribution in [0.4, 0.5) is 5.69 Å². The van der Waals surface area contributed by atoms with E-state index < -0.39 is 0 Å². The average Bonchev–Trinajstić information content (AvgIpc) is 3.11. The van der Waals surface area contributed by atoms with Crippen molar-refractivity contribution in [3.05, 3.63) is 42.0 Å². The van der Waals surface area contributed by atoms with Crippen molar-refractivity contribution in [2.45, 2.75) is 19.9 Å². The zero-order valence-corrected chi connectivity index (χ0v) is 17.0. The van der Waals surface area contributed by atoms with Crippen LogP contribution in [0.3, 0.4) is 0 Å². The number of nitrogens with zero attached hydrogens (tertiary/aromatic N) is 2. The van der Waals surface area contributed by atoms with Gasteiger partial charge < -0.3 is 20.3 Å². The molecule has 1 heterocycles. The van der Waals surface area contributed by atoms with Gasteiger partial charge in [-0.3, -0.25) is 0 Å². The number of anilines is 1. The third-order valence-corrected chi connectivity index (χ3v) is 3.68. The highest BCUT2D eigenvalue weighted by Gasteiger charge is 2.07. The number of methoxy groups -OCH3 is 1. The Balaban J connectivity index is 0.00000288. The first-order valence-corrected chi connectivity index (χ1v) is 8.33. The molecule has 5 nitrogen and oxygen atoms in total. The van der Waals surface area contributed by atoms with E-state index in [1.165, 1.54) is 11.3 Å². The van der Waals surface area contributed by atoms with Crippen LogP contribution in [0.5, 0.6) is 0 Å². The van der Waals surface area contributed by atoms with Crippen molar-refractivity contribution in [2.24, 2.45) is 4.99 Å². The summed E-state index contributed by atoms with van der Waals surface area (Å²) in [4.78, 5) is 7.02. The molecule has 0 fully saturated rings. The summed E-state index contributed by atoms with van der Waals surface area (Å²) in [6.45, 7) is 7.22. The van der Waals surface area contributed by atoms with Crippen LogP contribution in [-0.2, 0) is 11.3 Å². The molecule has 0 saturated carbocycles. The second-order valence-electron chi connectivity index (χ2n) is 5.51. The maximum atomic E-state index is 5.06. The monoisotopic (exact) mass is 444 g/mol. The molecule has 0 radical (unpaired) electrons. The van der Waals surface area contributed by atoms with Gasteiger partial charge in [-0.2, -0.15) is 0 Å². The molecule has 1 aromatic carbocycles. The first-order valence-electron chi connectivity index (χ1n) is 8.33. The van der Waals surface area contributed by atoms with Gasteiger partial charge in [0.25, 0.3) is 0 Å². The molecule has 24 heavy (non-hydrogen) atoms. The zero-order valence-electron chi connectivity index (χ0n) is 14.6. The molecule has 0 unspecified atom stereocenters. The van der Waals surface area contributed by atoms with E-state index in [-0.39, 0.29) is 24.0 Å². The Morgan fingerprint density at radius 3 is 2.75 bits per heavy atom. The van der Waals surface area contributed by atoms with Crippen molar-refractivity contribution >= 4 is 35.6 Å². The van der Waals surface area contributed by atoms with E-state index in [4.69, 9.17) is 4.74 Å². The topological polar surface area (TPSA) is 48.9 Å². The molecule has 134 valence electrons. The smallest absolute Gasteiger partial charge is 0.191 e. The summed E-state index contributed by atoms with van der Waals surface area (Å²) < 4.78 is 5.06. The van der Waals surface area contributed by atoms with Gasteiger partial charge in [-0.1, -0.05) is 24.3 Å². The molecule has 0 amide bonds. The number of rotatable bonds is 8. The molecule has 2 rings (SSSR count). The van der Waals surface area contributed by atoms with Gasteiger partial charge in [-0.05, 0) is 31.0 Å². The minimum Gasteiger partial charge on any atom is -0.385 e. The molecule has 0 aliphatic carbocycles. The van der Waals surface area contributed by atoms with Crippen LogP contribution in [0.2, 0.25) is 0 Å². The Hall–Kier alpha value is -1.28. The molecule has 1 aliphatic heterocycles. The van der Waals surface area contributed by atoms with Crippen LogP contribution in [0, 0.1) is 0 Å². The standard InChI is InChI=1S/C18H28N4O.HI/c1-3-19-18(20-10-7-13-23-2)21-15-16-8-6-9-17(14-16)22-11-4-5-12-22;/h4-6,8-9,14H,3,7,10-13,15H2,1-2H3,(H2,19,20,21);1H. The lowest BCUT2D eigenvalue weighted by atomic mass is 10.2. The van der Waals surface area contributed by atoms with Crippen LogP contribution in [-0.4, -0.2) is 45.9 Å². The third kappa shape index (κ3) is 7.09. The number of hydrogen-bond donors (Lipinski definition) is 2. The SMILES string of the molecule is CCNC(=NCc1cccc(N2CC=CC2)c1)NCCCOC.I. The van der Waals surface area contributed by atoms with Crippen LogP contribution < -0.4 is 15.5 Å². The molecule has 0 spiro atoms. The molecular formula is C18H29IN4O. The Bertz CT molecular complexity index is 526. The molecule has 0 bridgehead atoms. The molecule has 1 aliphatic rings. The van der Waals surface area contributed by atoms with E-state index in [0.29, 0.717) is 6.54 Å². The van der Waals surface area contributed by atoms with Crippen molar-refractivity contribution < 1.29 is 4.74 Å². The van der Waals surface area contributed by atoms with Crippen LogP contribution in [0.15, 0.2) is 41.4 Å². The summed E-state index contributed by atoms with van der Waals surface area (Å²) >= 11 is 0. The van der Waals surface area contributed by atoms with Crippen molar-refractivity contribution in [2.75, 3.05) is 44.8 Å². The molecule has 6 heteroatoms. The average molecular weight is 444 g/mol. The van der Waals surface area contributed by atoms with Crippen molar-refractivity contribution in [3.63, 3.8) is 0 Å². The molecule has 2 N–H and O–H groups in total. The minimum absolute atomic E-state index is 0. The maximum Gasteiger partial charge on any atom is 0.191 e. The van der Waals surface area contributed by atoms with E-state index in [9.17, 15) is 0 Å². The van der Waals surface area contributed by atoms with Crippen molar-refractivity contribution in [3.8, 4) is 0 Å². The normalized spacial score (nSPS) is 13.8. The summed E-state index contributed by atoms with van der Waals surface area (Å²) in [5.41, 5.74) is 2.49. The number of ether oxygens (including phenoxy) is 1. The number of guanidine groups is 1. The lowest BCUT2D eigenvalue weighted by Gasteiger charge is -2.18. The van der Waals surface area contributed by atoms with Crippen LogP contribution in [0.1, 0.15) is 18.9 Å². The van der Waals surface area contributed by atoms with E-state index >= 15 is 0 Å². The van der Waals surface area contributed by atoms with Crippen LogP contribution in [0.25, 0.3) is 0 Å². The van der Waals surface area contributed by atoms with Gasteiger partial charge in [0.15, 0.2) is 5.96 Å². The molecule has 1 aromatic rings. The summed E-state index contributed by atoms with van der Waals surface area (Å²) in [6, 6.07) is 8.63. The van der Waals surface area contributed by atoms with Gasteiger partial charge >= 0.3 is 0 Å². The Kier molecular flexibility index (Phi) is 10.5. The van der Waals surface area contributed by atoms with Gasteiger partial charge in [0.2, 0.25) is 0 Å². The largest absolute Gasteiger partial charge is 0.385 e. The van der Waals surface area contributed by atoms with Gasteiger partial charge in [-0.25, -0.2) is 4.99 Å². The van der Waals surface area contributed by atoms with Crippen molar-refractivity contribution in [1.29, 1.82) is 0 Å². The summed E-state index contributed by atoms with van der Waals surface area (Å²) in [5.74, 6) is 0.858. The first kappa shape index (κ1) is 20.8. The second kappa shape index (κ2) is 12.1. The zero-order chi connectivity index (χ0) is 16.3. The predicted octanol–water partition coefficient (Wildman–Crippen LogP) is 2.77. The highest BCUT2D eigenvalue weighted by molar-refractivity contribution is 14.0. The third-order valence-electron chi connectivity index (χ3n) is 3.68. The fraction of sp³-hybridized carbons (Fsp3) is 0.500. The minimum atomic E-state index is 0. The van der Waals surface area contributed by atoms with E-state index in [1.807, 2.05) is 0 Å². The number of nitrogens with one attached hydrogen (secondary N) is 2. The molecular weight excluding hydrogens is 415 g/mol. The maximum absolute atomic E-state index is 5.06. The van der Waals surface area contributed by atoms with Crippen molar-refractivity contribution in [1.82, 2.24) is 10.6 Å². The first-order chi connectivity index (χ1) is 11.3. The number of halogens is 1. The highest BCUT2D eigenvalue weighted by atomic mass is 127. The Labute approximate surface area is 162 Å². The fourth-order valence-corrected chi connectivity index (χ4v) is 2.48.